The number of para-hydroxylation sites is 3. The Morgan fingerprint density at radius 1 is 0.576 bits per heavy atom. The molecule has 4 atom stereocenters. The fourth-order valence-corrected chi connectivity index (χ4v) is 9.64. The number of benzene rings is 6. The molecule has 0 spiro atoms. The van der Waals surface area contributed by atoms with Crippen LogP contribution in [0, 0.1) is 11.6 Å². The summed E-state index contributed by atoms with van der Waals surface area (Å²) in [6, 6.07) is 38.5. The van der Waals surface area contributed by atoms with Crippen LogP contribution in [0.15, 0.2) is 155 Å². The summed E-state index contributed by atoms with van der Waals surface area (Å²) in [5, 5.41) is 6.63. The van der Waals surface area contributed by atoms with Gasteiger partial charge in [0.25, 0.3) is 11.1 Å². The molecule has 0 fully saturated rings. The molecule has 12 nitrogen and oxygen atoms in total. The molecule has 0 bridgehead atoms. The number of aromatic nitrogens is 4. The van der Waals surface area contributed by atoms with Gasteiger partial charge in [0, 0.05) is 18.7 Å². The van der Waals surface area contributed by atoms with Crippen molar-refractivity contribution in [3.8, 4) is 11.1 Å². The number of halogens is 2. The highest BCUT2D eigenvalue weighted by Gasteiger charge is 2.40. The number of carbonyl (C=O) groups excluding carboxylic acids is 2. The summed E-state index contributed by atoms with van der Waals surface area (Å²) in [6.07, 6.45) is 0.671. The van der Waals surface area contributed by atoms with E-state index in [1.165, 1.54) is 33.4 Å². The summed E-state index contributed by atoms with van der Waals surface area (Å²) in [4.78, 5) is 70.7. The Bertz CT molecular complexity index is 3290. The molecule has 0 aliphatic carbocycles. The molecule has 14 heteroatoms. The summed E-state index contributed by atoms with van der Waals surface area (Å²) >= 11 is 0. The van der Waals surface area contributed by atoms with E-state index in [1.807, 2.05) is 111 Å². The molecular formula is C52H44F2N8O4. The van der Waals surface area contributed by atoms with Crippen molar-refractivity contribution in [2.45, 2.75) is 63.9 Å². The lowest BCUT2D eigenvalue weighted by atomic mass is 10.0. The van der Waals surface area contributed by atoms with Gasteiger partial charge in [0.1, 0.15) is 34.3 Å². The van der Waals surface area contributed by atoms with E-state index >= 15 is 18.4 Å². The monoisotopic (exact) mass is 882 g/mol. The third-order valence-corrected chi connectivity index (χ3v) is 12.9. The molecule has 2 aliphatic heterocycles. The first kappa shape index (κ1) is 42.0. The lowest BCUT2D eigenvalue weighted by Crippen LogP contribution is -2.41. The van der Waals surface area contributed by atoms with E-state index in [0.717, 1.165) is 16.7 Å². The minimum absolute atomic E-state index is 0.0634. The van der Waals surface area contributed by atoms with E-state index in [0.29, 0.717) is 24.1 Å². The number of anilines is 2. The largest absolute Gasteiger partial charge is 0.323 e. The van der Waals surface area contributed by atoms with Crippen molar-refractivity contribution in [1.29, 1.82) is 0 Å². The van der Waals surface area contributed by atoms with Crippen LogP contribution in [0.2, 0.25) is 0 Å². The molecule has 66 heavy (non-hydrogen) atoms. The Hall–Kier alpha value is -8.00. The van der Waals surface area contributed by atoms with Gasteiger partial charge in [-0.15, -0.1) is 0 Å². The molecular weight excluding hydrogens is 839 g/mol. The molecule has 0 saturated heterocycles. The van der Waals surface area contributed by atoms with Gasteiger partial charge in [0.2, 0.25) is 0 Å². The van der Waals surface area contributed by atoms with Crippen LogP contribution in [0.25, 0.3) is 32.9 Å². The number of hydrogen-bond donors (Lipinski definition) is 2. The number of rotatable bonds is 9. The second-order valence-electron chi connectivity index (χ2n) is 16.7. The zero-order chi connectivity index (χ0) is 45.6. The van der Waals surface area contributed by atoms with Crippen molar-refractivity contribution in [1.82, 2.24) is 28.9 Å². The Labute approximate surface area is 377 Å². The number of nitrogens with one attached hydrogen (secondary N) is 2. The zero-order valence-corrected chi connectivity index (χ0v) is 36.1. The second kappa shape index (κ2) is 17.2. The van der Waals surface area contributed by atoms with Gasteiger partial charge in [0.15, 0.2) is 0 Å². The summed E-state index contributed by atoms with van der Waals surface area (Å²) in [6.45, 7) is 4.29. The molecule has 6 aromatic carbocycles. The molecule has 330 valence electrons. The van der Waals surface area contributed by atoms with E-state index in [4.69, 9.17) is 9.97 Å². The highest BCUT2D eigenvalue weighted by Crippen LogP contribution is 2.42. The molecule has 2 unspecified atom stereocenters. The lowest BCUT2D eigenvalue weighted by molar-refractivity contribution is 0.158. The SMILES string of the molecule is C[C@@H](c1ccccc1)N(C(=O)Nc1cccc(-c2ccccc2)c1NC(=O)N(C1CCn2c1nc1c(F)cccc1c2=O)[C@@H](C)c1ccccc1)C1CCn2c1nc1c(F)cccc1c2=O. The summed E-state index contributed by atoms with van der Waals surface area (Å²) in [7, 11) is 0. The molecule has 4 heterocycles. The number of urea groups is 2. The van der Waals surface area contributed by atoms with Crippen LogP contribution in [-0.2, 0) is 13.1 Å². The maximum absolute atomic E-state index is 15.3. The van der Waals surface area contributed by atoms with Crippen LogP contribution in [-0.4, -0.2) is 41.0 Å². The smallest absolute Gasteiger partial charge is 0.308 e. The summed E-state index contributed by atoms with van der Waals surface area (Å²) in [5.41, 5.74) is 2.65. The molecule has 0 radical (unpaired) electrons. The molecule has 2 aromatic heterocycles. The van der Waals surface area contributed by atoms with E-state index < -0.39 is 47.9 Å². The van der Waals surface area contributed by atoms with Crippen molar-refractivity contribution >= 4 is 45.2 Å². The van der Waals surface area contributed by atoms with Gasteiger partial charge < -0.3 is 20.4 Å². The highest BCUT2D eigenvalue weighted by molar-refractivity contribution is 6.04. The van der Waals surface area contributed by atoms with Gasteiger partial charge in [-0.25, -0.2) is 28.3 Å². The first-order valence-electron chi connectivity index (χ1n) is 21.9. The molecule has 2 N–H and O–H groups in total. The van der Waals surface area contributed by atoms with E-state index in [1.54, 1.807) is 34.1 Å². The minimum Gasteiger partial charge on any atom is -0.308 e. The number of fused-ring (bicyclic) bond motifs is 4. The first-order valence-corrected chi connectivity index (χ1v) is 21.9. The third kappa shape index (κ3) is 7.33. The van der Waals surface area contributed by atoms with Gasteiger partial charge in [-0.05, 0) is 73.7 Å². The summed E-state index contributed by atoms with van der Waals surface area (Å²) in [5.74, 6) is -0.736. The van der Waals surface area contributed by atoms with Gasteiger partial charge in [-0.1, -0.05) is 115 Å². The van der Waals surface area contributed by atoms with Crippen LogP contribution < -0.4 is 21.8 Å². The first-order chi connectivity index (χ1) is 32.1. The van der Waals surface area contributed by atoms with E-state index in [2.05, 4.69) is 10.6 Å². The van der Waals surface area contributed by atoms with Gasteiger partial charge >= 0.3 is 12.1 Å². The Morgan fingerprint density at radius 2 is 1.02 bits per heavy atom. The van der Waals surface area contributed by atoms with Crippen LogP contribution >= 0.6 is 0 Å². The van der Waals surface area contributed by atoms with Crippen molar-refractivity contribution < 1.29 is 18.4 Å². The molecule has 0 saturated carbocycles. The van der Waals surface area contributed by atoms with Gasteiger partial charge in [-0.3, -0.25) is 18.7 Å². The fraction of sp³-hybridized carbons (Fsp3) is 0.192. The lowest BCUT2D eigenvalue weighted by Gasteiger charge is -2.36. The second-order valence-corrected chi connectivity index (χ2v) is 16.7. The van der Waals surface area contributed by atoms with E-state index in [9.17, 15) is 9.59 Å². The predicted octanol–water partition coefficient (Wildman–Crippen LogP) is 10.5. The maximum Gasteiger partial charge on any atom is 0.323 e. The topological polar surface area (TPSA) is 134 Å². The standard InChI is InChI=1S/C52H44F2N8O4/c1-31(33-15-6-3-7-16-33)61(42-27-29-59-47(42)56-44-37(49(59)63)22-12-24-39(44)53)51(65)55-41-26-14-21-36(35-19-10-5-11-20-35)46(41)58-52(66)62(32(2)34-17-8-4-9-18-34)43-28-30-60-48(43)57-45-38(50(60)64)23-13-25-40(45)54/h3-26,31-32,42-43H,27-30H2,1-2H3,(H,55,65)(H,58,66)/t31-,32-,42?,43?/m0/s1. The molecule has 10 rings (SSSR count). The molecule has 4 amide bonds. The van der Waals surface area contributed by atoms with Crippen molar-refractivity contribution in [3.63, 3.8) is 0 Å². The van der Waals surface area contributed by atoms with Crippen LogP contribution in [0.4, 0.5) is 29.7 Å². The Morgan fingerprint density at radius 3 is 1.50 bits per heavy atom. The minimum atomic E-state index is -0.750. The van der Waals surface area contributed by atoms with Crippen molar-refractivity contribution in [3.05, 3.63) is 201 Å². The number of carbonyl (C=O) groups is 2. The highest BCUT2D eigenvalue weighted by atomic mass is 19.1. The molecule has 8 aromatic rings. The van der Waals surface area contributed by atoms with Crippen LogP contribution in [0.5, 0.6) is 0 Å². The van der Waals surface area contributed by atoms with Gasteiger partial charge in [0.05, 0.1) is 46.3 Å². The maximum atomic E-state index is 15.3. The van der Waals surface area contributed by atoms with Gasteiger partial charge in [-0.2, -0.15) is 0 Å². The summed E-state index contributed by atoms with van der Waals surface area (Å²) < 4.78 is 33.6. The third-order valence-electron chi connectivity index (χ3n) is 12.9. The molecule has 2 aliphatic rings. The Kier molecular flexibility index (Phi) is 10.9. The zero-order valence-electron chi connectivity index (χ0n) is 36.1. The number of hydrogen-bond acceptors (Lipinski definition) is 6. The van der Waals surface area contributed by atoms with Crippen molar-refractivity contribution in [2.24, 2.45) is 0 Å². The fourth-order valence-electron chi connectivity index (χ4n) is 9.64. The van der Waals surface area contributed by atoms with Crippen LogP contribution in [0.1, 0.15) is 73.6 Å². The van der Waals surface area contributed by atoms with Crippen molar-refractivity contribution in [2.75, 3.05) is 10.6 Å². The average Bonchev–Trinajstić information content (AvgIpc) is 3.96. The normalized spacial score (nSPS) is 16.1. The predicted molar refractivity (Wildman–Crippen MR) is 250 cm³/mol. The van der Waals surface area contributed by atoms with Crippen LogP contribution in [0.3, 0.4) is 0 Å². The quantitative estimate of drug-likeness (QED) is 0.148. The number of amides is 4. The number of nitrogens with zero attached hydrogens (tertiary/aromatic N) is 6. The van der Waals surface area contributed by atoms with E-state index in [-0.39, 0.29) is 63.4 Å². The average molecular weight is 883 g/mol. The Balaban J connectivity index is 1.07.